The predicted molar refractivity (Wildman–Crippen MR) is 187 cm³/mol. The average molecular weight is 791 g/mol. The summed E-state index contributed by atoms with van der Waals surface area (Å²) in [4.78, 5) is 15.8. The largest absolute Gasteiger partial charge is 0.619 e. The molecule has 3 aromatic rings. The third-order valence-electron chi connectivity index (χ3n) is 8.25. The summed E-state index contributed by atoms with van der Waals surface area (Å²) in [6.07, 6.45) is 3.12. The summed E-state index contributed by atoms with van der Waals surface area (Å²) < 4.78 is 82.7. The molecule has 1 atom stereocenters. The zero-order valence-electron chi connectivity index (χ0n) is 28.0. The summed E-state index contributed by atoms with van der Waals surface area (Å²) >= 11 is 12.7. The highest BCUT2D eigenvalue weighted by atomic mass is 35.5. The topological polar surface area (TPSA) is 160 Å². The van der Waals surface area contributed by atoms with Crippen molar-refractivity contribution in [3.63, 3.8) is 0 Å². The first-order valence-electron chi connectivity index (χ1n) is 16.6. The molecule has 5 rings (SSSR count). The second-order valence-corrected chi connectivity index (χ2v) is 14.9. The number of carbonyl (C=O) groups excluding carboxylic acids is 1. The molecule has 1 aromatic heterocycles. The van der Waals surface area contributed by atoms with Crippen molar-refractivity contribution in [2.45, 2.75) is 38.4 Å². The number of rotatable bonds is 19. The zero-order valence-corrected chi connectivity index (χ0v) is 30.3. The van der Waals surface area contributed by atoms with E-state index >= 15 is 0 Å². The van der Waals surface area contributed by atoms with Crippen LogP contribution in [0.3, 0.4) is 0 Å². The fourth-order valence-corrected chi connectivity index (χ4v) is 7.10. The van der Waals surface area contributed by atoms with E-state index in [0.717, 1.165) is 38.3 Å². The van der Waals surface area contributed by atoms with Crippen molar-refractivity contribution in [2.24, 2.45) is 5.92 Å². The van der Waals surface area contributed by atoms with Crippen LogP contribution in [-0.4, -0.2) is 89.4 Å². The van der Waals surface area contributed by atoms with Crippen molar-refractivity contribution in [1.82, 2.24) is 4.90 Å². The van der Waals surface area contributed by atoms with E-state index in [1.165, 1.54) is 36.4 Å². The van der Waals surface area contributed by atoms with Gasteiger partial charge in [0.1, 0.15) is 28.5 Å². The number of alkyl halides is 2. The SMILES string of the molecule is O=C(O[C@@H](Cc1c(Cl)c[n+]([O-])cc1Cl)c1ccc(OC(F)F)c(OCC2CC2)c1)c1ccc(NS(=O)(=O)CCCN2CCOCC2)c(OCCO)c1. The molecular weight excluding hydrogens is 751 g/mol. The van der Waals surface area contributed by atoms with Gasteiger partial charge in [-0.1, -0.05) is 29.3 Å². The number of hydrogen-bond donors (Lipinski definition) is 2. The Hall–Kier alpha value is -3.67. The number of morpholine rings is 1. The summed E-state index contributed by atoms with van der Waals surface area (Å²) in [5.41, 5.74) is 0.587. The van der Waals surface area contributed by atoms with Gasteiger partial charge in [0.2, 0.25) is 10.0 Å². The van der Waals surface area contributed by atoms with Gasteiger partial charge in [0.15, 0.2) is 23.9 Å². The Morgan fingerprint density at radius 3 is 2.46 bits per heavy atom. The smallest absolute Gasteiger partial charge is 0.387 e. The number of pyridine rings is 1. The molecule has 1 saturated carbocycles. The molecule has 52 heavy (non-hydrogen) atoms. The molecule has 2 fully saturated rings. The van der Waals surface area contributed by atoms with Crippen LogP contribution in [-0.2, 0) is 25.9 Å². The molecule has 0 radical (unpaired) electrons. The van der Waals surface area contributed by atoms with Crippen LogP contribution >= 0.6 is 23.2 Å². The molecule has 0 unspecified atom stereocenters. The summed E-state index contributed by atoms with van der Waals surface area (Å²) in [5, 5.41) is 21.3. The van der Waals surface area contributed by atoms with Crippen molar-refractivity contribution < 1.29 is 55.5 Å². The van der Waals surface area contributed by atoms with Gasteiger partial charge in [-0.25, -0.2) is 13.2 Å². The highest BCUT2D eigenvalue weighted by Gasteiger charge is 2.27. The Balaban J connectivity index is 1.39. The summed E-state index contributed by atoms with van der Waals surface area (Å²) in [7, 11) is -3.82. The third kappa shape index (κ3) is 11.7. The fraction of sp³-hybridized carbons (Fsp3) is 0.471. The molecule has 284 valence electrons. The molecule has 2 N–H and O–H groups in total. The van der Waals surface area contributed by atoms with E-state index in [2.05, 4.69) is 14.4 Å². The standard InChI is InChI=1S/C34H39Cl2F2N3O10S/c35-26-19-41(44)20-27(36)25(26)18-30(23-5-7-29(51-34(37)38)32(16-23)49-21-22-2-3-22)50-33(43)24-4-6-28(31(17-24)48-14-11-42)39-52(45,46)15-1-8-40-9-12-47-13-10-40/h4-7,16-17,19-20,22,30,34,39,42H,1-3,8-15,18,21H2/t30-/m0/s1. The average Bonchev–Trinajstić information content (AvgIpc) is 3.93. The van der Waals surface area contributed by atoms with Crippen molar-refractivity contribution >= 4 is 44.9 Å². The Bertz CT molecular complexity index is 1770. The van der Waals surface area contributed by atoms with Crippen LogP contribution in [0.1, 0.15) is 46.9 Å². The third-order valence-corrected chi connectivity index (χ3v) is 10.3. The van der Waals surface area contributed by atoms with Crippen LogP contribution in [0.25, 0.3) is 0 Å². The monoisotopic (exact) mass is 789 g/mol. The number of aliphatic hydroxyl groups excluding tert-OH is 1. The van der Waals surface area contributed by atoms with Gasteiger partial charge in [-0.05, 0) is 67.6 Å². The lowest BCUT2D eigenvalue weighted by molar-refractivity contribution is -0.605. The number of esters is 1. The summed E-state index contributed by atoms with van der Waals surface area (Å²) in [6.45, 7) is -0.207. The highest BCUT2D eigenvalue weighted by molar-refractivity contribution is 7.92. The first kappa shape index (κ1) is 39.5. The van der Waals surface area contributed by atoms with Crippen molar-refractivity contribution in [2.75, 3.05) is 63.1 Å². The van der Waals surface area contributed by atoms with Crippen molar-refractivity contribution in [1.29, 1.82) is 0 Å². The minimum Gasteiger partial charge on any atom is -0.619 e. The van der Waals surface area contributed by atoms with Gasteiger partial charge in [-0.3, -0.25) is 9.62 Å². The number of sulfonamides is 1. The molecule has 2 aromatic carbocycles. The quantitative estimate of drug-likeness (QED) is 0.0957. The van der Waals surface area contributed by atoms with E-state index in [4.69, 9.17) is 42.1 Å². The number of aliphatic hydroxyl groups is 1. The maximum atomic E-state index is 13.7. The van der Waals surface area contributed by atoms with Crippen molar-refractivity contribution in [3.05, 3.63) is 80.7 Å². The molecule has 1 aliphatic heterocycles. The molecule has 18 heteroatoms. The summed E-state index contributed by atoms with van der Waals surface area (Å²) in [5.74, 6) is -1.00. The molecule has 1 aliphatic carbocycles. The molecule has 2 aliphatic rings. The lowest BCUT2D eigenvalue weighted by Gasteiger charge is -2.26. The lowest BCUT2D eigenvalue weighted by Crippen LogP contribution is -2.37. The van der Waals surface area contributed by atoms with E-state index in [0.29, 0.717) is 36.5 Å². The first-order valence-corrected chi connectivity index (χ1v) is 19.0. The van der Waals surface area contributed by atoms with Gasteiger partial charge in [0.05, 0.1) is 43.4 Å². The maximum absolute atomic E-state index is 13.7. The molecular formula is C34H39Cl2F2N3O10S. The number of aromatic nitrogens is 1. The predicted octanol–water partition coefficient (Wildman–Crippen LogP) is 4.99. The Morgan fingerprint density at radius 2 is 1.79 bits per heavy atom. The fourth-order valence-electron chi connectivity index (χ4n) is 5.39. The van der Waals surface area contributed by atoms with Gasteiger partial charge in [-0.15, -0.1) is 0 Å². The van der Waals surface area contributed by atoms with E-state index in [1.807, 2.05) is 0 Å². The first-order chi connectivity index (χ1) is 24.9. The number of hydrogen-bond acceptors (Lipinski definition) is 11. The Labute approximate surface area is 309 Å². The Kier molecular flexibility index (Phi) is 14.0. The zero-order chi connectivity index (χ0) is 37.3. The molecule has 13 nitrogen and oxygen atoms in total. The molecule has 0 amide bonds. The molecule has 1 saturated heterocycles. The second-order valence-electron chi connectivity index (χ2n) is 12.2. The van der Waals surface area contributed by atoms with Crippen LogP contribution in [0.4, 0.5) is 14.5 Å². The molecule has 2 heterocycles. The molecule has 0 bridgehead atoms. The van der Waals surface area contributed by atoms with Crippen LogP contribution in [0.15, 0.2) is 48.8 Å². The van der Waals surface area contributed by atoms with E-state index in [9.17, 15) is 32.3 Å². The minimum atomic E-state index is -3.82. The van der Waals surface area contributed by atoms with Gasteiger partial charge < -0.3 is 34.0 Å². The van der Waals surface area contributed by atoms with E-state index < -0.39 is 28.7 Å². The van der Waals surface area contributed by atoms with Crippen LogP contribution in [0, 0.1) is 11.1 Å². The van der Waals surface area contributed by atoms with Gasteiger partial charge >= 0.3 is 12.6 Å². The number of halogens is 4. The number of carbonyl (C=O) groups is 1. The summed E-state index contributed by atoms with van der Waals surface area (Å²) in [6, 6.07) is 8.06. The van der Waals surface area contributed by atoms with Crippen LogP contribution in [0.5, 0.6) is 17.2 Å². The maximum Gasteiger partial charge on any atom is 0.387 e. The second kappa shape index (κ2) is 18.4. The van der Waals surface area contributed by atoms with Gasteiger partial charge in [0.25, 0.3) is 0 Å². The van der Waals surface area contributed by atoms with E-state index in [1.54, 1.807) is 0 Å². The Morgan fingerprint density at radius 1 is 1.06 bits per heavy atom. The van der Waals surface area contributed by atoms with Crippen LogP contribution < -0.4 is 23.7 Å². The minimum absolute atomic E-state index is 0.00678. The normalized spacial score (nSPS) is 15.7. The number of nitrogens with one attached hydrogen (secondary N) is 1. The number of benzene rings is 2. The van der Waals surface area contributed by atoms with Crippen molar-refractivity contribution in [3.8, 4) is 17.2 Å². The van der Waals surface area contributed by atoms with Gasteiger partial charge in [0, 0.05) is 25.1 Å². The number of ether oxygens (including phenoxy) is 5. The van der Waals surface area contributed by atoms with E-state index in [-0.39, 0.29) is 82.0 Å². The van der Waals surface area contributed by atoms with Gasteiger partial charge in [-0.2, -0.15) is 13.5 Å². The number of nitrogens with zero attached hydrogens (tertiary/aromatic N) is 2. The molecule has 0 spiro atoms. The number of anilines is 1. The lowest BCUT2D eigenvalue weighted by atomic mass is 10.0. The highest BCUT2D eigenvalue weighted by Crippen LogP contribution is 2.38. The van der Waals surface area contributed by atoms with Crippen LogP contribution in [0.2, 0.25) is 10.0 Å².